The van der Waals surface area contributed by atoms with E-state index in [4.69, 9.17) is 0 Å². The van der Waals surface area contributed by atoms with Crippen LogP contribution in [0.15, 0.2) is 52.1 Å². The van der Waals surface area contributed by atoms with Crippen molar-refractivity contribution in [1.29, 1.82) is 0 Å². The summed E-state index contributed by atoms with van der Waals surface area (Å²) >= 11 is 0. The largest absolute Gasteiger partial charge is 0.352 e. The molecule has 0 aliphatic carbocycles. The Kier molecular flexibility index (Phi) is 2.67. The summed E-state index contributed by atoms with van der Waals surface area (Å²) in [4.78, 5) is 25.6. The first-order chi connectivity index (χ1) is 9.76. The summed E-state index contributed by atoms with van der Waals surface area (Å²) in [7, 11) is 0. The maximum absolute atomic E-state index is 12.8. The molecule has 0 atom stereocenters. The third-order valence-corrected chi connectivity index (χ3v) is 3.95. The Morgan fingerprint density at radius 3 is 1.62 bits per heavy atom. The zero-order chi connectivity index (χ0) is 15.4. The molecule has 0 saturated carbocycles. The van der Waals surface area contributed by atoms with E-state index in [-0.39, 0.29) is 11.4 Å². The Hall–Kier alpha value is -2.30. The van der Waals surface area contributed by atoms with E-state index in [2.05, 4.69) is 0 Å². The van der Waals surface area contributed by atoms with Crippen molar-refractivity contribution in [2.75, 3.05) is 0 Å². The molecule has 1 aliphatic heterocycles. The van der Waals surface area contributed by atoms with Crippen LogP contribution in [0.25, 0.3) is 5.69 Å². The van der Waals surface area contributed by atoms with Crippen LogP contribution in [0.3, 0.4) is 0 Å². The van der Waals surface area contributed by atoms with Crippen LogP contribution in [0, 0.1) is 0 Å². The van der Waals surface area contributed by atoms with Crippen LogP contribution < -0.4 is 11.4 Å². The number of allylic oxidation sites excluding steroid dienone is 2. The highest BCUT2D eigenvalue weighted by molar-refractivity contribution is 5.31. The average molecular weight is 285 g/mol. The lowest BCUT2D eigenvalue weighted by Gasteiger charge is -2.36. The molecule has 5 heteroatoms. The van der Waals surface area contributed by atoms with Gasteiger partial charge in [0.2, 0.25) is 0 Å². The van der Waals surface area contributed by atoms with Crippen molar-refractivity contribution in [1.82, 2.24) is 13.9 Å². The van der Waals surface area contributed by atoms with Crippen molar-refractivity contribution in [3.8, 4) is 5.69 Å². The lowest BCUT2D eigenvalue weighted by atomic mass is 9.95. The summed E-state index contributed by atoms with van der Waals surface area (Å²) in [6.07, 6.45) is 3.95. The average Bonchev–Trinajstić information content (AvgIpc) is 2.70. The van der Waals surface area contributed by atoms with E-state index in [9.17, 15) is 9.59 Å². The molecule has 5 nitrogen and oxygen atoms in total. The van der Waals surface area contributed by atoms with Crippen LogP contribution in [0.4, 0.5) is 0 Å². The SMILES string of the molecule is CC1(C)C=CC(C)(C)n2c(=O)n(-c3ccccc3)c(=O)n21. The fourth-order valence-electron chi connectivity index (χ4n) is 2.80. The van der Waals surface area contributed by atoms with Gasteiger partial charge in [0.15, 0.2) is 0 Å². The third-order valence-electron chi connectivity index (χ3n) is 3.95. The molecular formula is C16H19N3O2. The lowest BCUT2D eigenvalue weighted by molar-refractivity contribution is 0.225. The molecular weight excluding hydrogens is 266 g/mol. The Bertz CT molecular complexity index is 783. The fourth-order valence-corrected chi connectivity index (χ4v) is 2.80. The van der Waals surface area contributed by atoms with Gasteiger partial charge in [0.25, 0.3) is 0 Å². The molecule has 0 spiro atoms. The summed E-state index contributed by atoms with van der Waals surface area (Å²) in [5, 5.41) is 0. The van der Waals surface area contributed by atoms with Gasteiger partial charge in [-0.2, -0.15) is 0 Å². The van der Waals surface area contributed by atoms with E-state index >= 15 is 0 Å². The molecule has 0 amide bonds. The van der Waals surface area contributed by atoms with E-state index in [0.29, 0.717) is 5.69 Å². The highest BCUT2D eigenvalue weighted by Crippen LogP contribution is 2.27. The van der Waals surface area contributed by atoms with Gasteiger partial charge in [-0.05, 0) is 39.8 Å². The molecule has 2 heterocycles. The van der Waals surface area contributed by atoms with Gasteiger partial charge in [-0.15, -0.1) is 0 Å². The summed E-state index contributed by atoms with van der Waals surface area (Å²) < 4.78 is 4.32. The number of hydrogen-bond donors (Lipinski definition) is 0. The first kappa shape index (κ1) is 13.7. The summed E-state index contributed by atoms with van der Waals surface area (Å²) in [6.45, 7) is 7.69. The van der Waals surface area contributed by atoms with E-state index < -0.39 is 11.1 Å². The second kappa shape index (κ2) is 4.10. The second-order valence-electron chi connectivity index (χ2n) is 6.50. The molecule has 21 heavy (non-hydrogen) atoms. The first-order valence-corrected chi connectivity index (χ1v) is 6.99. The van der Waals surface area contributed by atoms with Crippen LogP contribution in [-0.2, 0) is 11.1 Å². The number of hydrogen-bond acceptors (Lipinski definition) is 2. The third kappa shape index (κ3) is 1.84. The standard InChI is InChI=1S/C16H19N3O2/c1-15(2)10-11-16(3,4)19-14(21)17(13(20)18(15)19)12-8-6-5-7-9-12/h5-11H,1-4H3. The molecule has 2 aromatic rings. The normalized spacial score (nSPS) is 18.5. The molecule has 0 radical (unpaired) electrons. The van der Waals surface area contributed by atoms with Crippen molar-refractivity contribution in [3.63, 3.8) is 0 Å². The van der Waals surface area contributed by atoms with Crippen LogP contribution >= 0.6 is 0 Å². The van der Waals surface area contributed by atoms with Crippen molar-refractivity contribution in [3.05, 3.63) is 63.5 Å². The molecule has 1 aliphatic rings. The maximum atomic E-state index is 12.8. The molecule has 0 bridgehead atoms. The van der Waals surface area contributed by atoms with E-state index in [0.717, 1.165) is 0 Å². The highest BCUT2D eigenvalue weighted by Gasteiger charge is 2.37. The molecule has 1 aromatic carbocycles. The molecule has 110 valence electrons. The molecule has 0 N–H and O–H groups in total. The summed E-state index contributed by atoms with van der Waals surface area (Å²) in [5.74, 6) is 0. The van der Waals surface area contributed by atoms with Gasteiger partial charge in [0, 0.05) is 0 Å². The molecule has 0 saturated heterocycles. The fraction of sp³-hybridized carbons (Fsp3) is 0.375. The number of para-hydroxylation sites is 1. The van der Waals surface area contributed by atoms with Gasteiger partial charge < -0.3 is 0 Å². The van der Waals surface area contributed by atoms with Crippen LogP contribution in [-0.4, -0.2) is 13.9 Å². The number of nitrogens with zero attached hydrogens (tertiary/aromatic N) is 3. The summed E-state index contributed by atoms with van der Waals surface area (Å²) in [6, 6.07) is 9.03. The predicted molar refractivity (Wildman–Crippen MR) is 82.1 cm³/mol. The minimum atomic E-state index is -0.536. The summed E-state index contributed by atoms with van der Waals surface area (Å²) in [5.41, 5.74) is -1.10. The minimum absolute atomic E-state index is 0.311. The van der Waals surface area contributed by atoms with Gasteiger partial charge in [-0.3, -0.25) is 0 Å². The van der Waals surface area contributed by atoms with Gasteiger partial charge in [0.05, 0.1) is 16.8 Å². The van der Waals surface area contributed by atoms with Crippen LogP contribution in [0.2, 0.25) is 0 Å². The topological polar surface area (TPSA) is 48.9 Å². The number of fused-ring (bicyclic) bond motifs is 1. The monoisotopic (exact) mass is 285 g/mol. The van der Waals surface area contributed by atoms with Crippen LogP contribution in [0.1, 0.15) is 27.7 Å². The van der Waals surface area contributed by atoms with E-state index in [1.807, 2.05) is 58.0 Å². The number of benzene rings is 1. The van der Waals surface area contributed by atoms with Crippen molar-refractivity contribution in [2.45, 2.75) is 38.8 Å². The minimum Gasteiger partial charge on any atom is -0.245 e. The Balaban J connectivity index is 2.43. The van der Waals surface area contributed by atoms with Crippen LogP contribution in [0.5, 0.6) is 0 Å². The highest BCUT2D eigenvalue weighted by atomic mass is 16.2. The zero-order valence-corrected chi connectivity index (χ0v) is 12.7. The van der Waals surface area contributed by atoms with Crippen molar-refractivity contribution >= 4 is 0 Å². The number of rotatable bonds is 1. The quantitative estimate of drug-likeness (QED) is 0.751. The molecule has 3 rings (SSSR count). The molecule has 0 fully saturated rings. The maximum Gasteiger partial charge on any atom is 0.352 e. The first-order valence-electron chi connectivity index (χ1n) is 6.99. The molecule has 0 unspecified atom stereocenters. The molecule has 1 aromatic heterocycles. The Labute approximate surface area is 122 Å². The Morgan fingerprint density at radius 1 is 0.762 bits per heavy atom. The smallest absolute Gasteiger partial charge is 0.245 e. The second-order valence-corrected chi connectivity index (χ2v) is 6.50. The Morgan fingerprint density at radius 2 is 1.19 bits per heavy atom. The van der Waals surface area contributed by atoms with E-state index in [1.54, 1.807) is 21.5 Å². The van der Waals surface area contributed by atoms with Crippen molar-refractivity contribution < 1.29 is 0 Å². The van der Waals surface area contributed by atoms with Gasteiger partial charge in [0.1, 0.15) is 0 Å². The van der Waals surface area contributed by atoms with Crippen molar-refractivity contribution in [2.24, 2.45) is 0 Å². The van der Waals surface area contributed by atoms with E-state index in [1.165, 1.54) is 4.57 Å². The van der Waals surface area contributed by atoms with Gasteiger partial charge in [-0.25, -0.2) is 23.5 Å². The number of aromatic nitrogens is 3. The predicted octanol–water partition coefficient (Wildman–Crippen LogP) is 1.84. The van der Waals surface area contributed by atoms with Gasteiger partial charge in [-0.1, -0.05) is 30.4 Å². The zero-order valence-electron chi connectivity index (χ0n) is 12.7. The lowest BCUT2D eigenvalue weighted by Crippen LogP contribution is -2.49. The van der Waals surface area contributed by atoms with Gasteiger partial charge >= 0.3 is 11.4 Å².